The summed E-state index contributed by atoms with van der Waals surface area (Å²) in [7, 11) is 1.64. The first-order valence-electron chi connectivity index (χ1n) is 8.43. The van der Waals surface area contributed by atoms with Crippen LogP contribution in [0.5, 0.6) is 5.75 Å². The summed E-state index contributed by atoms with van der Waals surface area (Å²) in [6.07, 6.45) is 0.940. The number of hydrogen-bond donors (Lipinski definition) is 2. The Bertz CT molecular complexity index is 760. The molecule has 0 aromatic heterocycles. The molecular formula is C20H23BrN2O3. The first-order valence-corrected chi connectivity index (χ1v) is 9.23. The van der Waals surface area contributed by atoms with Crippen LogP contribution in [0.25, 0.3) is 0 Å². The van der Waals surface area contributed by atoms with Gasteiger partial charge < -0.3 is 15.4 Å². The SMILES string of the molecule is COc1ccc(C)cc1CCNC(=O)CCNC(=O)c1ccc(Br)cc1. The van der Waals surface area contributed by atoms with Gasteiger partial charge in [0, 0.05) is 29.5 Å². The van der Waals surface area contributed by atoms with Crippen LogP contribution in [-0.4, -0.2) is 32.0 Å². The van der Waals surface area contributed by atoms with Crippen molar-refractivity contribution in [1.82, 2.24) is 10.6 Å². The summed E-state index contributed by atoms with van der Waals surface area (Å²) in [5.41, 5.74) is 2.79. The smallest absolute Gasteiger partial charge is 0.251 e. The van der Waals surface area contributed by atoms with Crippen molar-refractivity contribution in [3.05, 3.63) is 63.6 Å². The Morgan fingerprint density at radius 1 is 1.04 bits per heavy atom. The van der Waals surface area contributed by atoms with Gasteiger partial charge in [-0.25, -0.2) is 0 Å². The van der Waals surface area contributed by atoms with Crippen LogP contribution < -0.4 is 15.4 Å². The zero-order chi connectivity index (χ0) is 18.9. The molecule has 2 amide bonds. The lowest BCUT2D eigenvalue weighted by atomic mass is 10.1. The van der Waals surface area contributed by atoms with Gasteiger partial charge in [0.15, 0.2) is 0 Å². The molecular weight excluding hydrogens is 396 g/mol. The fourth-order valence-electron chi connectivity index (χ4n) is 2.52. The highest BCUT2D eigenvalue weighted by Crippen LogP contribution is 2.19. The third-order valence-electron chi connectivity index (χ3n) is 3.90. The van der Waals surface area contributed by atoms with E-state index in [2.05, 4.69) is 32.6 Å². The third-order valence-corrected chi connectivity index (χ3v) is 4.43. The lowest BCUT2D eigenvalue weighted by molar-refractivity contribution is -0.120. The summed E-state index contributed by atoms with van der Waals surface area (Å²) >= 11 is 3.33. The molecule has 0 unspecified atom stereocenters. The number of benzene rings is 2. The Kier molecular flexibility index (Phi) is 7.66. The number of carbonyl (C=O) groups excluding carboxylic acids is 2. The van der Waals surface area contributed by atoms with Gasteiger partial charge in [0.1, 0.15) is 5.75 Å². The van der Waals surface area contributed by atoms with Crippen molar-refractivity contribution in [2.75, 3.05) is 20.2 Å². The normalized spacial score (nSPS) is 10.3. The summed E-state index contributed by atoms with van der Waals surface area (Å²) in [6.45, 7) is 2.85. The molecule has 0 fully saturated rings. The van der Waals surface area contributed by atoms with E-state index in [1.165, 1.54) is 0 Å². The molecule has 0 saturated carbocycles. The minimum atomic E-state index is -0.185. The molecule has 6 heteroatoms. The van der Waals surface area contributed by atoms with E-state index in [1.54, 1.807) is 31.4 Å². The first kappa shape index (κ1) is 20.0. The maximum absolute atomic E-state index is 12.0. The zero-order valence-electron chi connectivity index (χ0n) is 15.0. The fraction of sp³-hybridized carbons (Fsp3) is 0.300. The van der Waals surface area contributed by atoms with Crippen LogP contribution in [0.2, 0.25) is 0 Å². The van der Waals surface area contributed by atoms with Crippen LogP contribution in [0.4, 0.5) is 0 Å². The summed E-state index contributed by atoms with van der Waals surface area (Å²) in [4.78, 5) is 23.9. The Morgan fingerprint density at radius 3 is 2.46 bits per heavy atom. The molecule has 0 spiro atoms. The summed E-state index contributed by atoms with van der Waals surface area (Å²) in [5.74, 6) is 0.550. The molecule has 26 heavy (non-hydrogen) atoms. The Hall–Kier alpha value is -2.34. The molecule has 0 aliphatic rings. The Balaban J connectivity index is 1.70. The molecule has 0 saturated heterocycles. The summed E-state index contributed by atoms with van der Waals surface area (Å²) in [6, 6.07) is 13.1. The molecule has 0 radical (unpaired) electrons. The van der Waals surface area contributed by atoms with Gasteiger partial charge in [-0.15, -0.1) is 0 Å². The maximum Gasteiger partial charge on any atom is 0.251 e. The predicted molar refractivity (Wildman–Crippen MR) is 106 cm³/mol. The third kappa shape index (κ3) is 6.19. The van der Waals surface area contributed by atoms with Crippen molar-refractivity contribution < 1.29 is 14.3 Å². The average Bonchev–Trinajstić information content (AvgIpc) is 2.62. The molecule has 2 aromatic carbocycles. The van der Waals surface area contributed by atoms with E-state index in [9.17, 15) is 9.59 Å². The molecule has 2 N–H and O–H groups in total. The largest absolute Gasteiger partial charge is 0.496 e. The molecule has 5 nitrogen and oxygen atoms in total. The van der Waals surface area contributed by atoms with Gasteiger partial charge in [0.05, 0.1) is 7.11 Å². The molecule has 138 valence electrons. The fourth-order valence-corrected chi connectivity index (χ4v) is 2.78. The maximum atomic E-state index is 12.0. The standard InChI is InChI=1S/C20H23BrN2O3/c1-14-3-8-18(26-2)16(13-14)9-11-22-19(24)10-12-23-20(25)15-4-6-17(21)7-5-15/h3-8,13H,9-12H2,1-2H3,(H,22,24)(H,23,25). The second kappa shape index (κ2) is 9.97. The van der Waals surface area contributed by atoms with Crippen LogP contribution in [0.15, 0.2) is 46.9 Å². The van der Waals surface area contributed by atoms with E-state index in [0.717, 1.165) is 21.3 Å². The van der Waals surface area contributed by atoms with E-state index < -0.39 is 0 Å². The first-order chi connectivity index (χ1) is 12.5. The number of amides is 2. The Morgan fingerprint density at radius 2 is 1.77 bits per heavy atom. The number of halogens is 1. The van der Waals surface area contributed by atoms with E-state index >= 15 is 0 Å². The van der Waals surface area contributed by atoms with Gasteiger partial charge >= 0.3 is 0 Å². The van der Waals surface area contributed by atoms with Gasteiger partial charge in [-0.1, -0.05) is 33.6 Å². The van der Waals surface area contributed by atoms with Crippen LogP contribution >= 0.6 is 15.9 Å². The van der Waals surface area contributed by atoms with Gasteiger partial charge in [-0.05, 0) is 49.2 Å². The summed E-state index contributed by atoms with van der Waals surface area (Å²) < 4.78 is 6.25. The van der Waals surface area contributed by atoms with E-state index in [1.807, 2.05) is 19.1 Å². The van der Waals surface area contributed by atoms with Crippen LogP contribution in [-0.2, 0) is 11.2 Å². The minimum Gasteiger partial charge on any atom is -0.496 e. The van der Waals surface area contributed by atoms with Crippen LogP contribution in [0.1, 0.15) is 27.9 Å². The number of methoxy groups -OCH3 is 1. The Labute approximate surface area is 162 Å². The molecule has 0 heterocycles. The molecule has 0 aliphatic carbocycles. The number of nitrogens with one attached hydrogen (secondary N) is 2. The lowest BCUT2D eigenvalue weighted by Gasteiger charge is -2.10. The molecule has 2 rings (SSSR count). The number of hydrogen-bond acceptors (Lipinski definition) is 3. The van der Waals surface area contributed by atoms with Crippen LogP contribution in [0, 0.1) is 6.92 Å². The minimum absolute atomic E-state index is 0.0901. The highest BCUT2D eigenvalue weighted by molar-refractivity contribution is 9.10. The predicted octanol–water partition coefficient (Wildman–Crippen LogP) is 3.24. The topological polar surface area (TPSA) is 67.4 Å². The van der Waals surface area contributed by atoms with Crippen molar-refractivity contribution in [3.8, 4) is 5.75 Å². The lowest BCUT2D eigenvalue weighted by Crippen LogP contribution is -2.31. The quantitative estimate of drug-likeness (QED) is 0.691. The summed E-state index contributed by atoms with van der Waals surface area (Å²) in [5, 5.41) is 5.62. The zero-order valence-corrected chi connectivity index (χ0v) is 16.6. The second-order valence-corrected chi connectivity index (χ2v) is 6.84. The molecule has 2 aromatic rings. The van der Waals surface area contributed by atoms with Crippen molar-refractivity contribution in [2.45, 2.75) is 19.8 Å². The highest BCUT2D eigenvalue weighted by Gasteiger charge is 2.07. The molecule has 0 aliphatic heterocycles. The molecule has 0 atom stereocenters. The highest BCUT2D eigenvalue weighted by atomic mass is 79.9. The molecule has 0 bridgehead atoms. The number of ether oxygens (including phenoxy) is 1. The van der Waals surface area contributed by atoms with E-state index in [-0.39, 0.29) is 18.2 Å². The number of aryl methyl sites for hydroxylation is 1. The van der Waals surface area contributed by atoms with E-state index in [4.69, 9.17) is 4.74 Å². The second-order valence-electron chi connectivity index (χ2n) is 5.93. The van der Waals surface area contributed by atoms with Gasteiger partial charge in [0.25, 0.3) is 5.91 Å². The number of carbonyl (C=O) groups is 2. The van der Waals surface area contributed by atoms with Crippen molar-refractivity contribution in [2.24, 2.45) is 0 Å². The van der Waals surface area contributed by atoms with Gasteiger partial charge in [0.2, 0.25) is 5.91 Å². The monoisotopic (exact) mass is 418 g/mol. The van der Waals surface area contributed by atoms with Crippen molar-refractivity contribution in [1.29, 1.82) is 0 Å². The van der Waals surface area contributed by atoms with Gasteiger partial charge in [-0.2, -0.15) is 0 Å². The van der Waals surface area contributed by atoms with Crippen LogP contribution in [0.3, 0.4) is 0 Å². The van der Waals surface area contributed by atoms with Gasteiger partial charge in [-0.3, -0.25) is 9.59 Å². The van der Waals surface area contributed by atoms with E-state index in [0.29, 0.717) is 25.1 Å². The van der Waals surface area contributed by atoms with Crippen molar-refractivity contribution >= 4 is 27.7 Å². The van der Waals surface area contributed by atoms with Crippen molar-refractivity contribution in [3.63, 3.8) is 0 Å². The number of rotatable bonds is 8. The average molecular weight is 419 g/mol.